The van der Waals surface area contributed by atoms with Gasteiger partial charge in [-0.05, 0) is 45.3 Å². The van der Waals surface area contributed by atoms with Crippen molar-refractivity contribution in [2.45, 2.75) is 6.61 Å². The summed E-state index contributed by atoms with van der Waals surface area (Å²) >= 11 is 15.5. The Balaban J connectivity index is 2.36. The van der Waals surface area contributed by atoms with Crippen LogP contribution in [0.3, 0.4) is 0 Å². The highest BCUT2D eigenvalue weighted by Gasteiger charge is 2.19. The Labute approximate surface area is 165 Å². The maximum Gasteiger partial charge on any atom is 0.205 e. The van der Waals surface area contributed by atoms with E-state index in [1.807, 2.05) is 6.07 Å². The molecule has 2 aromatic carbocycles. The molecule has 0 bridgehead atoms. The van der Waals surface area contributed by atoms with Crippen molar-refractivity contribution in [1.82, 2.24) is 0 Å². The van der Waals surface area contributed by atoms with Crippen molar-refractivity contribution in [3.8, 4) is 17.2 Å². The van der Waals surface area contributed by atoms with Gasteiger partial charge >= 0.3 is 0 Å². The number of benzene rings is 2. The minimum Gasteiger partial charge on any atom is -0.493 e. The van der Waals surface area contributed by atoms with Crippen LogP contribution in [0.4, 0.5) is 0 Å². The van der Waals surface area contributed by atoms with Gasteiger partial charge < -0.3 is 19.3 Å². The third kappa shape index (κ3) is 4.82. The molecule has 4 nitrogen and oxygen atoms in total. The number of aliphatic hydroxyl groups excluding tert-OH is 1. The van der Waals surface area contributed by atoms with E-state index in [1.165, 1.54) is 0 Å². The van der Waals surface area contributed by atoms with E-state index in [-0.39, 0.29) is 13.2 Å². The number of methoxy groups -OCH3 is 2. The van der Waals surface area contributed by atoms with Crippen LogP contribution in [-0.4, -0.2) is 25.9 Å². The summed E-state index contributed by atoms with van der Waals surface area (Å²) in [7, 11) is 3.10. The third-order valence-corrected chi connectivity index (χ3v) is 4.92. The summed E-state index contributed by atoms with van der Waals surface area (Å²) in [4.78, 5) is 0. The summed E-state index contributed by atoms with van der Waals surface area (Å²) in [6.45, 7) is 0.203. The highest BCUT2D eigenvalue weighted by atomic mass is 79.9. The van der Waals surface area contributed by atoms with Crippen LogP contribution in [0.25, 0.3) is 6.08 Å². The van der Waals surface area contributed by atoms with Gasteiger partial charge in [0, 0.05) is 0 Å². The van der Waals surface area contributed by atoms with Crippen molar-refractivity contribution in [2.24, 2.45) is 0 Å². The van der Waals surface area contributed by atoms with E-state index in [4.69, 9.17) is 42.5 Å². The van der Waals surface area contributed by atoms with Gasteiger partial charge in [-0.1, -0.05) is 41.4 Å². The molecule has 2 aromatic rings. The first-order valence-corrected chi connectivity index (χ1v) is 8.85. The van der Waals surface area contributed by atoms with Gasteiger partial charge in [0.25, 0.3) is 0 Å². The minimum absolute atomic E-state index is 0.0628. The first-order chi connectivity index (χ1) is 12.0. The van der Waals surface area contributed by atoms with Crippen LogP contribution in [0.2, 0.25) is 10.0 Å². The van der Waals surface area contributed by atoms with Crippen LogP contribution in [-0.2, 0) is 6.61 Å². The summed E-state index contributed by atoms with van der Waals surface area (Å²) in [5.41, 5.74) is 1.66. The Bertz CT molecular complexity index is 778. The predicted molar refractivity (Wildman–Crippen MR) is 104 cm³/mol. The fourth-order valence-electron chi connectivity index (χ4n) is 2.17. The summed E-state index contributed by atoms with van der Waals surface area (Å²) in [6, 6.07) is 7.09. The first-order valence-electron chi connectivity index (χ1n) is 7.30. The average molecular weight is 448 g/mol. The molecule has 0 aliphatic carbocycles. The Morgan fingerprint density at radius 2 is 1.84 bits per heavy atom. The second-order valence-corrected chi connectivity index (χ2v) is 6.57. The van der Waals surface area contributed by atoms with Crippen molar-refractivity contribution >= 4 is 45.2 Å². The van der Waals surface area contributed by atoms with Gasteiger partial charge in [0.05, 0.1) is 35.3 Å². The largest absolute Gasteiger partial charge is 0.493 e. The minimum atomic E-state index is -0.0628. The van der Waals surface area contributed by atoms with Gasteiger partial charge in [0.2, 0.25) is 5.75 Å². The molecule has 0 aliphatic heterocycles. The molecule has 0 saturated heterocycles. The Kier molecular flexibility index (Phi) is 7.44. The van der Waals surface area contributed by atoms with Gasteiger partial charge in [-0.15, -0.1) is 0 Å². The van der Waals surface area contributed by atoms with Crippen LogP contribution in [0, 0.1) is 0 Å². The molecule has 25 heavy (non-hydrogen) atoms. The van der Waals surface area contributed by atoms with E-state index in [9.17, 15) is 0 Å². The van der Waals surface area contributed by atoms with Crippen LogP contribution in [0.15, 0.2) is 34.8 Å². The molecular weight excluding hydrogens is 431 g/mol. The zero-order valence-corrected chi connectivity index (χ0v) is 16.8. The van der Waals surface area contributed by atoms with E-state index in [0.717, 1.165) is 11.1 Å². The molecule has 2 rings (SSSR count). The Morgan fingerprint density at radius 1 is 1.08 bits per heavy atom. The maximum atomic E-state index is 8.97. The summed E-state index contributed by atoms with van der Waals surface area (Å²) in [5, 5.41) is 9.92. The molecule has 0 saturated carbocycles. The van der Waals surface area contributed by atoms with Crippen molar-refractivity contribution in [3.05, 3.63) is 56.0 Å². The van der Waals surface area contributed by atoms with Gasteiger partial charge in [-0.25, -0.2) is 0 Å². The quantitative estimate of drug-likeness (QED) is 0.620. The molecule has 0 amide bonds. The number of hydrogen-bond donors (Lipinski definition) is 1. The summed E-state index contributed by atoms with van der Waals surface area (Å²) < 4.78 is 17.5. The SMILES string of the molecule is COc1cc(C=CCO)c(Br)c(OC)c1OCc1ccc(Cl)c(Cl)c1. The van der Waals surface area contributed by atoms with Crippen molar-refractivity contribution in [2.75, 3.05) is 20.8 Å². The molecule has 0 atom stereocenters. The zero-order valence-electron chi connectivity index (χ0n) is 13.7. The zero-order chi connectivity index (χ0) is 18.4. The van der Waals surface area contributed by atoms with Gasteiger partial charge in [-0.2, -0.15) is 0 Å². The summed E-state index contributed by atoms with van der Waals surface area (Å²) in [6.07, 6.45) is 3.38. The van der Waals surface area contributed by atoms with Crippen molar-refractivity contribution in [3.63, 3.8) is 0 Å². The monoisotopic (exact) mass is 446 g/mol. The highest BCUT2D eigenvalue weighted by Crippen LogP contribution is 2.45. The van der Waals surface area contributed by atoms with E-state index in [1.54, 1.807) is 44.6 Å². The van der Waals surface area contributed by atoms with E-state index >= 15 is 0 Å². The highest BCUT2D eigenvalue weighted by molar-refractivity contribution is 9.10. The van der Waals surface area contributed by atoms with Crippen LogP contribution in [0.1, 0.15) is 11.1 Å². The fraction of sp³-hybridized carbons (Fsp3) is 0.222. The van der Waals surface area contributed by atoms with Crippen molar-refractivity contribution in [1.29, 1.82) is 0 Å². The van der Waals surface area contributed by atoms with Crippen molar-refractivity contribution < 1.29 is 19.3 Å². The molecule has 134 valence electrons. The number of hydrogen-bond acceptors (Lipinski definition) is 4. The molecule has 0 radical (unpaired) electrons. The van der Waals surface area contributed by atoms with Crippen LogP contribution < -0.4 is 14.2 Å². The molecule has 0 unspecified atom stereocenters. The number of aliphatic hydroxyl groups is 1. The molecule has 7 heteroatoms. The lowest BCUT2D eigenvalue weighted by atomic mass is 10.1. The predicted octanol–water partition coefficient (Wildman–Crippen LogP) is 5.36. The van der Waals surface area contributed by atoms with E-state index in [0.29, 0.717) is 31.8 Å². The standard InChI is InChI=1S/C18H17BrCl2O4/c1-23-15-9-12(4-3-7-22)16(19)18(24-2)17(15)25-10-11-5-6-13(20)14(21)8-11/h3-6,8-9,22H,7,10H2,1-2H3. The lowest BCUT2D eigenvalue weighted by molar-refractivity contribution is 0.265. The number of halogens is 3. The Hall–Kier alpha value is -1.40. The van der Waals surface area contributed by atoms with Gasteiger partial charge in [0.15, 0.2) is 11.5 Å². The van der Waals surface area contributed by atoms with Crippen LogP contribution in [0.5, 0.6) is 17.2 Å². The summed E-state index contributed by atoms with van der Waals surface area (Å²) in [5.74, 6) is 1.47. The van der Waals surface area contributed by atoms with E-state index in [2.05, 4.69) is 15.9 Å². The fourth-order valence-corrected chi connectivity index (χ4v) is 3.08. The molecule has 0 spiro atoms. The molecule has 0 aromatic heterocycles. The normalized spacial score (nSPS) is 11.0. The molecular formula is C18H17BrCl2O4. The lowest BCUT2D eigenvalue weighted by Crippen LogP contribution is -2.02. The molecule has 1 N–H and O–H groups in total. The lowest BCUT2D eigenvalue weighted by Gasteiger charge is -2.17. The average Bonchev–Trinajstić information content (AvgIpc) is 2.61. The van der Waals surface area contributed by atoms with Gasteiger partial charge in [-0.3, -0.25) is 0 Å². The number of rotatable bonds is 7. The Morgan fingerprint density at radius 3 is 2.44 bits per heavy atom. The molecule has 0 heterocycles. The smallest absolute Gasteiger partial charge is 0.205 e. The molecule has 0 aliphatic rings. The van der Waals surface area contributed by atoms with Gasteiger partial charge in [0.1, 0.15) is 6.61 Å². The first kappa shape index (κ1) is 19.9. The number of ether oxygens (including phenoxy) is 3. The van der Waals surface area contributed by atoms with Crippen LogP contribution >= 0.6 is 39.1 Å². The molecule has 0 fully saturated rings. The second-order valence-electron chi connectivity index (χ2n) is 4.97. The maximum absolute atomic E-state index is 8.97. The third-order valence-electron chi connectivity index (χ3n) is 3.36. The second kappa shape index (κ2) is 9.34. The topological polar surface area (TPSA) is 47.9 Å². The van der Waals surface area contributed by atoms with E-state index < -0.39 is 0 Å².